The van der Waals surface area contributed by atoms with E-state index in [1.165, 1.54) is 0 Å². The molecule has 2 N–H and O–H groups in total. The maximum absolute atomic E-state index is 6.12. The molecule has 0 saturated heterocycles. The summed E-state index contributed by atoms with van der Waals surface area (Å²) in [6.07, 6.45) is 2.78. The van der Waals surface area contributed by atoms with Crippen LogP contribution in [0.2, 0.25) is 0 Å². The summed E-state index contributed by atoms with van der Waals surface area (Å²) in [6, 6.07) is 7.87. The van der Waals surface area contributed by atoms with E-state index in [0.717, 1.165) is 23.1 Å². The van der Waals surface area contributed by atoms with Crippen LogP contribution < -0.4 is 10.5 Å². The lowest BCUT2D eigenvalue weighted by atomic mass is 10.1. The number of ether oxygens (including phenoxy) is 1. The van der Waals surface area contributed by atoms with Crippen LogP contribution in [-0.2, 0) is 0 Å². The Bertz CT molecular complexity index is 625. The first-order chi connectivity index (χ1) is 9.49. The number of para-hydroxylation sites is 1. The highest BCUT2D eigenvalue weighted by Gasteiger charge is 2.15. The van der Waals surface area contributed by atoms with Gasteiger partial charge in [0.05, 0.1) is 17.2 Å². The van der Waals surface area contributed by atoms with Gasteiger partial charge >= 0.3 is 0 Å². The fourth-order valence-corrected chi connectivity index (χ4v) is 2.48. The Hall–Kier alpha value is -1.68. The lowest BCUT2D eigenvalue weighted by Crippen LogP contribution is -2.18. The Morgan fingerprint density at radius 1 is 1.30 bits per heavy atom. The van der Waals surface area contributed by atoms with E-state index in [2.05, 4.69) is 25.8 Å². The SMILES string of the molecule is CC(C)CC(C)Oc1c(C(N)=S)cnc2ccccc12. The summed E-state index contributed by atoms with van der Waals surface area (Å²) in [5.74, 6) is 1.32. The number of benzene rings is 1. The average molecular weight is 288 g/mol. The number of pyridine rings is 1. The number of nitrogens with two attached hydrogens (primary N) is 1. The van der Waals surface area contributed by atoms with E-state index in [1.54, 1.807) is 6.20 Å². The molecular formula is C16H20N2OS. The molecular weight excluding hydrogens is 268 g/mol. The Morgan fingerprint density at radius 2 is 2.00 bits per heavy atom. The molecule has 0 aliphatic carbocycles. The highest BCUT2D eigenvalue weighted by atomic mass is 32.1. The number of aromatic nitrogens is 1. The van der Waals surface area contributed by atoms with Gasteiger partial charge in [0.1, 0.15) is 10.7 Å². The lowest BCUT2D eigenvalue weighted by Gasteiger charge is -2.20. The number of hydrogen-bond acceptors (Lipinski definition) is 3. The van der Waals surface area contributed by atoms with Crippen molar-refractivity contribution in [3.63, 3.8) is 0 Å². The first kappa shape index (κ1) is 14.7. The van der Waals surface area contributed by atoms with E-state index in [0.29, 0.717) is 16.5 Å². The molecule has 0 aliphatic rings. The van der Waals surface area contributed by atoms with Crippen LogP contribution in [0.3, 0.4) is 0 Å². The minimum absolute atomic E-state index is 0.105. The van der Waals surface area contributed by atoms with Crippen LogP contribution in [0.4, 0.5) is 0 Å². The zero-order valence-electron chi connectivity index (χ0n) is 12.1. The van der Waals surface area contributed by atoms with Gasteiger partial charge in [-0.1, -0.05) is 38.2 Å². The van der Waals surface area contributed by atoms with Crippen molar-refractivity contribution in [1.29, 1.82) is 0 Å². The maximum Gasteiger partial charge on any atom is 0.140 e. The van der Waals surface area contributed by atoms with Crippen LogP contribution in [0.1, 0.15) is 32.8 Å². The number of nitrogens with zero attached hydrogens (tertiary/aromatic N) is 1. The molecule has 0 fully saturated rings. The van der Waals surface area contributed by atoms with E-state index in [9.17, 15) is 0 Å². The van der Waals surface area contributed by atoms with Crippen molar-refractivity contribution >= 4 is 28.1 Å². The molecule has 1 unspecified atom stereocenters. The van der Waals surface area contributed by atoms with Gasteiger partial charge < -0.3 is 10.5 Å². The zero-order valence-corrected chi connectivity index (χ0v) is 12.9. The van der Waals surface area contributed by atoms with Gasteiger partial charge in [0.15, 0.2) is 0 Å². The molecule has 0 saturated carbocycles. The Kier molecular flexibility index (Phi) is 4.55. The van der Waals surface area contributed by atoms with Gasteiger partial charge in [-0.2, -0.15) is 0 Å². The minimum atomic E-state index is 0.105. The largest absolute Gasteiger partial charge is 0.489 e. The molecule has 106 valence electrons. The molecule has 0 radical (unpaired) electrons. The topological polar surface area (TPSA) is 48.1 Å². The Morgan fingerprint density at radius 3 is 2.65 bits per heavy atom. The summed E-state index contributed by atoms with van der Waals surface area (Å²) in [6.45, 7) is 6.43. The molecule has 1 aromatic heterocycles. The van der Waals surface area contributed by atoms with Crippen LogP contribution >= 0.6 is 12.2 Å². The van der Waals surface area contributed by atoms with Crippen LogP contribution in [0, 0.1) is 5.92 Å². The summed E-state index contributed by atoms with van der Waals surface area (Å²) in [7, 11) is 0. The van der Waals surface area contributed by atoms with Gasteiger partial charge in [-0.15, -0.1) is 0 Å². The van der Waals surface area contributed by atoms with Crippen LogP contribution in [-0.4, -0.2) is 16.1 Å². The van der Waals surface area contributed by atoms with E-state index < -0.39 is 0 Å². The Labute approximate surface area is 125 Å². The van der Waals surface area contributed by atoms with E-state index in [1.807, 2.05) is 24.3 Å². The first-order valence-corrected chi connectivity index (χ1v) is 7.24. The van der Waals surface area contributed by atoms with Crippen molar-refractivity contribution < 1.29 is 4.74 Å². The van der Waals surface area contributed by atoms with E-state index in [-0.39, 0.29) is 6.10 Å². The lowest BCUT2D eigenvalue weighted by molar-refractivity contribution is 0.195. The second-order valence-corrected chi connectivity index (χ2v) is 5.88. The van der Waals surface area contributed by atoms with Gasteiger partial charge in [-0.3, -0.25) is 4.98 Å². The summed E-state index contributed by atoms with van der Waals surface area (Å²) in [5.41, 5.74) is 7.39. The van der Waals surface area contributed by atoms with Crippen LogP contribution in [0.5, 0.6) is 5.75 Å². The van der Waals surface area contributed by atoms with Crippen molar-refractivity contribution in [3.05, 3.63) is 36.0 Å². The molecule has 2 aromatic rings. The summed E-state index contributed by atoms with van der Waals surface area (Å²) < 4.78 is 6.12. The quantitative estimate of drug-likeness (QED) is 0.853. The standard InChI is InChI=1S/C16H20N2OS/c1-10(2)8-11(3)19-15-12-6-4-5-7-14(12)18-9-13(15)16(17)20/h4-7,9-11H,8H2,1-3H3,(H2,17,20). The molecule has 4 heteroatoms. The second kappa shape index (κ2) is 6.18. The molecule has 0 spiro atoms. The van der Waals surface area contributed by atoms with Crippen LogP contribution in [0.15, 0.2) is 30.5 Å². The highest BCUT2D eigenvalue weighted by molar-refractivity contribution is 7.80. The number of rotatable bonds is 5. The monoisotopic (exact) mass is 288 g/mol. The Balaban J connectivity index is 2.47. The summed E-state index contributed by atoms with van der Waals surface area (Å²) >= 11 is 5.11. The smallest absolute Gasteiger partial charge is 0.140 e. The third kappa shape index (κ3) is 3.25. The maximum atomic E-state index is 6.12. The van der Waals surface area contributed by atoms with Crippen molar-refractivity contribution in [2.75, 3.05) is 0 Å². The third-order valence-corrected chi connectivity index (χ3v) is 3.33. The fraction of sp³-hybridized carbons (Fsp3) is 0.375. The van der Waals surface area contributed by atoms with Crippen molar-refractivity contribution in [3.8, 4) is 5.75 Å². The third-order valence-electron chi connectivity index (χ3n) is 3.11. The summed E-state index contributed by atoms with van der Waals surface area (Å²) in [4.78, 5) is 4.70. The molecule has 1 heterocycles. The highest BCUT2D eigenvalue weighted by Crippen LogP contribution is 2.30. The predicted molar refractivity (Wildman–Crippen MR) is 87.2 cm³/mol. The van der Waals surface area contributed by atoms with Gasteiger partial charge in [0, 0.05) is 11.6 Å². The number of fused-ring (bicyclic) bond motifs is 1. The number of thiocarbonyl (C=S) groups is 1. The van der Waals surface area contributed by atoms with E-state index in [4.69, 9.17) is 22.7 Å². The van der Waals surface area contributed by atoms with E-state index >= 15 is 0 Å². The van der Waals surface area contributed by atoms with Gasteiger partial charge in [0.2, 0.25) is 0 Å². The predicted octanol–water partition coefficient (Wildman–Crippen LogP) is 3.68. The normalized spacial score (nSPS) is 12.6. The fourth-order valence-electron chi connectivity index (χ4n) is 2.33. The van der Waals surface area contributed by atoms with Gasteiger partial charge in [-0.05, 0) is 31.4 Å². The van der Waals surface area contributed by atoms with Gasteiger partial charge in [-0.25, -0.2) is 0 Å². The van der Waals surface area contributed by atoms with Crippen molar-refractivity contribution in [2.24, 2.45) is 11.7 Å². The average Bonchev–Trinajstić information content (AvgIpc) is 2.37. The van der Waals surface area contributed by atoms with Crippen molar-refractivity contribution in [1.82, 2.24) is 4.98 Å². The molecule has 20 heavy (non-hydrogen) atoms. The molecule has 0 aliphatic heterocycles. The first-order valence-electron chi connectivity index (χ1n) is 6.83. The molecule has 0 bridgehead atoms. The van der Waals surface area contributed by atoms with Crippen LogP contribution in [0.25, 0.3) is 10.9 Å². The molecule has 3 nitrogen and oxygen atoms in total. The number of hydrogen-bond donors (Lipinski definition) is 1. The zero-order chi connectivity index (χ0) is 14.7. The molecule has 1 atom stereocenters. The molecule has 2 rings (SSSR count). The minimum Gasteiger partial charge on any atom is -0.489 e. The second-order valence-electron chi connectivity index (χ2n) is 5.44. The summed E-state index contributed by atoms with van der Waals surface area (Å²) in [5, 5.41) is 0.952. The molecule has 0 amide bonds. The molecule has 1 aromatic carbocycles. The van der Waals surface area contributed by atoms with Gasteiger partial charge in [0.25, 0.3) is 0 Å². The van der Waals surface area contributed by atoms with Crippen molar-refractivity contribution in [2.45, 2.75) is 33.3 Å².